The van der Waals surface area contributed by atoms with Gasteiger partial charge < -0.3 is 10.3 Å². The van der Waals surface area contributed by atoms with Crippen LogP contribution in [0.4, 0.5) is 0 Å². The van der Waals surface area contributed by atoms with Crippen LogP contribution in [0.1, 0.15) is 11.1 Å². The first-order chi connectivity index (χ1) is 11.0. The Hall–Kier alpha value is -1.88. The van der Waals surface area contributed by atoms with Crippen molar-refractivity contribution in [2.24, 2.45) is 5.73 Å². The fourth-order valence-electron chi connectivity index (χ4n) is 2.37. The SMILES string of the molecule is NC(=S)c1cccc(Cn2ccnc2-c2cc(Cl)ccc2Cl)c1. The molecule has 0 radical (unpaired) electrons. The third kappa shape index (κ3) is 3.55. The summed E-state index contributed by atoms with van der Waals surface area (Å²) in [6, 6.07) is 13.2. The summed E-state index contributed by atoms with van der Waals surface area (Å²) < 4.78 is 2.01. The molecule has 3 aromatic rings. The van der Waals surface area contributed by atoms with Crippen LogP contribution in [0.3, 0.4) is 0 Å². The third-order valence-electron chi connectivity index (χ3n) is 3.45. The van der Waals surface area contributed by atoms with Crippen molar-refractivity contribution in [2.75, 3.05) is 0 Å². The van der Waals surface area contributed by atoms with Gasteiger partial charge in [-0.25, -0.2) is 4.98 Å². The van der Waals surface area contributed by atoms with Gasteiger partial charge in [0.05, 0.1) is 5.02 Å². The van der Waals surface area contributed by atoms with Crippen molar-refractivity contribution in [3.63, 3.8) is 0 Å². The summed E-state index contributed by atoms with van der Waals surface area (Å²) in [5, 5.41) is 1.23. The van der Waals surface area contributed by atoms with Gasteiger partial charge in [0.2, 0.25) is 0 Å². The van der Waals surface area contributed by atoms with E-state index in [9.17, 15) is 0 Å². The molecule has 2 N–H and O–H groups in total. The van der Waals surface area contributed by atoms with Gasteiger partial charge in [-0.05, 0) is 29.8 Å². The Bertz CT molecular complexity index is 874. The van der Waals surface area contributed by atoms with E-state index in [4.69, 9.17) is 41.2 Å². The van der Waals surface area contributed by atoms with E-state index in [0.717, 1.165) is 22.5 Å². The molecule has 0 fully saturated rings. The lowest BCUT2D eigenvalue weighted by Gasteiger charge is -2.10. The highest BCUT2D eigenvalue weighted by atomic mass is 35.5. The number of imidazole rings is 1. The zero-order valence-corrected chi connectivity index (χ0v) is 14.4. The lowest BCUT2D eigenvalue weighted by molar-refractivity contribution is 0.807. The third-order valence-corrected chi connectivity index (χ3v) is 4.25. The van der Waals surface area contributed by atoms with E-state index < -0.39 is 0 Å². The Morgan fingerprint density at radius 3 is 2.78 bits per heavy atom. The number of nitrogens with zero attached hydrogens (tertiary/aromatic N) is 2. The predicted octanol–water partition coefficient (Wildman–Crippen LogP) is 4.54. The summed E-state index contributed by atoms with van der Waals surface area (Å²) >= 11 is 17.4. The van der Waals surface area contributed by atoms with Crippen molar-refractivity contribution in [2.45, 2.75) is 6.54 Å². The summed E-state index contributed by atoms with van der Waals surface area (Å²) in [4.78, 5) is 4.80. The van der Waals surface area contributed by atoms with Crippen LogP contribution in [-0.4, -0.2) is 14.5 Å². The molecular formula is C17H13Cl2N3S. The molecule has 0 unspecified atom stereocenters. The first kappa shape index (κ1) is 16.0. The Kier molecular flexibility index (Phi) is 4.66. The minimum Gasteiger partial charge on any atom is -0.389 e. The maximum atomic E-state index is 6.28. The van der Waals surface area contributed by atoms with Crippen LogP contribution >= 0.6 is 35.4 Å². The monoisotopic (exact) mass is 361 g/mol. The molecule has 0 aliphatic rings. The molecule has 0 saturated heterocycles. The number of aromatic nitrogens is 2. The summed E-state index contributed by atoms with van der Waals surface area (Å²) in [7, 11) is 0. The zero-order valence-electron chi connectivity index (χ0n) is 12.0. The number of thiocarbonyl (C=S) groups is 1. The number of rotatable bonds is 4. The average Bonchev–Trinajstić information content (AvgIpc) is 2.98. The normalized spacial score (nSPS) is 10.7. The Balaban J connectivity index is 1.97. The first-order valence-electron chi connectivity index (χ1n) is 6.90. The van der Waals surface area contributed by atoms with Gasteiger partial charge in [-0.1, -0.05) is 53.6 Å². The second-order valence-corrected chi connectivity index (χ2v) is 6.35. The fraction of sp³-hybridized carbons (Fsp3) is 0.0588. The van der Waals surface area contributed by atoms with Crippen LogP contribution in [0.15, 0.2) is 54.9 Å². The molecule has 2 aromatic carbocycles. The van der Waals surface area contributed by atoms with Gasteiger partial charge in [-0.3, -0.25) is 0 Å². The van der Waals surface area contributed by atoms with E-state index in [1.807, 2.05) is 41.1 Å². The van der Waals surface area contributed by atoms with Crippen LogP contribution in [-0.2, 0) is 6.54 Å². The van der Waals surface area contributed by atoms with Crippen LogP contribution in [0, 0.1) is 0 Å². The molecule has 116 valence electrons. The Labute approximate surface area is 149 Å². The number of halogens is 2. The standard InChI is InChI=1S/C17H13Cl2N3S/c18-13-4-5-15(19)14(9-13)17-21-6-7-22(17)10-11-2-1-3-12(8-11)16(20)23/h1-9H,10H2,(H2,20,23). The molecule has 3 nitrogen and oxygen atoms in total. The smallest absolute Gasteiger partial charge is 0.141 e. The summed E-state index contributed by atoms with van der Waals surface area (Å²) in [6.45, 7) is 0.634. The number of hydrogen-bond acceptors (Lipinski definition) is 2. The summed E-state index contributed by atoms with van der Waals surface area (Å²) in [5.41, 5.74) is 8.42. The molecule has 6 heteroatoms. The number of hydrogen-bond donors (Lipinski definition) is 1. The van der Waals surface area contributed by atoms with Crippen molar-refractivity contribution in [1.82, 2.24) is 9.55 Å². The van der Waals surface area contributed by atoms with Crippen molar-refractivity contribution in [3.05, 3.63) is 76.0 Å². The van der Waals surface area contributed by atoms with Crippen LogP contribution < -0.4 is 5.73 Å². The lowest BCUT2D eigenvalue weighted by Crippen LogP contribution is -2.10. The molecule has 0 bridgehead atoms. The van der Waals surface area contributed by atoms with Gasteiger partial charge in [0.25, 0.3) is 0 Å². The van der Waals surface area contributed by atoms with E-state index >= 15 is 0 Å². The second-order valence-electron chi connectivity index (χ2n) is 5.07. The molecule has 1 aromatic heterocycles. The molecule has 0 spiro atoms. The van der Waals surface area contributed by atoms with Crippen molar-refractivity contribution >= 4 is 40.4 Å². The molecular weight excluding hydrogens is 349 g/mol. The maximum absolute atomic E-state index is 6.28. The molecule has 0 saturated carbocycles. The van der Waals surface area contributed by atoms with Crippen LogP contribution in [0.5, 0.6) is 0 Å². The van der Waals surface area contributed by atoms with Crippen molar-refractivity contribution < 1.29 is 0 Å². The largest absolute Gasteiger partial charge is 0.389 e. The first-order valence-corrected chi connectivity index (χ1v) is 8.06. The maximum Gasteiger partial charge on any atom is 0.141 e. The number of benzene rings is 2. The fourth-order valence-corrected chi connectivity index (χ4v) is 2.87. The van der Waals surface area contributed by atoms with Gasteiger partial charge >= 0.3 is 0 Å². The van der Waals surface area contributed by atoms with Crippen molar-refractivity contribution in [1.29, 1.82) is 0 Å². The summed E-state index contributed by atoms with van der Waals surface area (Å²) in [6.07, 6.45) is 3.64. The van der Waals surface area contributed by atoms with E-state index in [0.29, 0.717) is 21.6 Å². The minimum atomic E-state index is 0.385. The number of nitrogens with two attached hydrogens (primary N) is 1. The molecule has 3 rings (SSSR count). The zero-order chi connectivity index (χ0) is 16.4. The van der Waals surface area contributed by atoms with E-state index in [2.05, 4.69) is 4.98 Å². The van der Waals surface area contributed by atoms with Gasteiger partial charge in [0.1, 0.15) is 10.8 Å². The second kappa shape index (κ2) is 6.71. The van der Waals surface area contributed by atoms with Gasteiger partial charge in [0.15, 0.2) is 0 Å². The highest BCUT2D eigenvalue weighted by Crippen LogP contribution is 2.29. The topological polar surface area (TPSA) is 43.8 Å². The minimum absolute atomic E-state index is 0.385. The van der Waals surface area contributed by atoms with E-state index in [1.54, 1.807) is 18.3 Å². The highest BCUT2D eigenvalue weighted by molar-refractivity contribution is 7.80. The molecule has 0 aliphatic carbocycles. The van der Waals surface area contributed by atoms with E-state index in [-0.39, 0.29) is 0 Å². The van der Waals surface area contributed by atoms with Crippen molar-refractivity contribution in [3.8, 4) is 11.4 Å². The average molecular weight is 362 g/mol. The van der Waals surface area contributed by atoms with E-state index in [1.165, 1.54) is 0 Å². The molecule has 23 heavy (non-hydrogen) atoms. The molecule has 0 amide bonds. The highest BCUT2D eigenvalue weighted by Gasteiger charge is 2.11. The molecule has 0 atom stereocenters. The van der Waals surface area contributed by atoms with Crippen LogP contribution in [0.2, 0.25) is 10.0 Å². The lowest BCUT2D eigenvalue weighted by atomic mass is 10.1. The predicted molar refractivity (Wildman–Crippen MR) is 99.1 cm³/mol. The summed E-state index contributed by atoms with van der Waals surface area (Å²) in [5.74, 6) is 0.762. The Morgan fingerprint density at radius 2 is 2.00 bits per heavy atom. The van der Waals surface area contributed by atoms with Gasteiger partial charge in [0, 0.05) is 35.1 Å². The Morgan fingerprint density at radius 1 is 1.17 bits per heavy atom. The quantitative estimate of drug-likeness (QED) is 0.693. The van der Waals surface area contributed by atoms with Gasteiger partial charge in [-0.2, -0.15) is 0 Å². The molecule has 1 heterocycles. The van der Waals surface area contributed by atoms with Gasteiger partial charge in [-0.15, -0.1) is 0 Å². The van der Waals surface area contributed by atoms with Crippen LogP contribution in [0.25, 0.3) is 11.4 Å². The molecule has 0 aliphatic heterocycles.